The van der Waals surface area contributed by atoms with E-state index < -0.39 is 0 Å². The average Bonchev–Trinajstić information content (AvgIpc) is 2.32. The van der Waals surface area contributed by atoms with Gasteiger partial charge < -0.3 is 10.2 Å². The standard InChI is InChI=1S/C8H6O2S/c9-5-1-2-6-7(10)4-11-8(6)3-5/h1-4,9-10H. The van der Waals surface area contributed by atoms with Gasteiger partial charge in [-0.1, -0.05) is 0 Å². The first kappa shape index (κ1) is 6.49. The van der Waals surface area contributed by atoms with Crippen molar-refractivity contribution >= 4 is 21.4 Å². The maximum Gasteiger partial charge on any atom is 0.134 e. The molecule has 0 fully saturated rings. The van der Waals surface area contributed by atoms with Crippen LogP contribution in [0.5, 0.6) is 11.5 Å². The lowest BCUT2D eigenvalue weighted by Crippen LogP contribution is -1.63. The van der Waals surface area contributed by atoms with Gasteiger partial charge in [0.1, 0.15) is 11.5 Å². The topological polar surface area (TPSA) is 40.5 Å². The molecule has 11 heavy (non-hydrogen) atoms. The summed E-state index contributed by atoms with van der Waals surface area (Å²) in [5, 5.41) is 20.8. The van der Waals surface area contributed by atoms with Gasteiger partial charge in [-0.25, -0.2) is 0 Å². The van der Waals surface area contributed by atoms with Crippen molar-refractivity contribution < 1.29 is 10.2 Å². The monoisotopic (exact) mass is 166 g/mol. The van der Waals surface area contributed by atoms with Crippen LogP contribution in [0, 0.1) is 0 Å². The number of benzene rings is 1. The van der Waals surface area contributed by atoms with Gasteiger partial charge in [-0.05, 0) is 18.2 Å². The lowest BCUT2D eigenvalue weighted by atomic mass is 10.2. The van der Waals surface area contributed by atoms with Gasteiger partial charge in [0.2, 0.25) is 0 Å². The van der Waals surface area contributed by atoms with Crippen LogP contribution in [0.1, 0.15) is 0 Å². The number of hydrogen-bond acceptors (Lipinski definition) is 3. The summed E-state index contributed by atoms with van der Waals surface area (Å²) < 4.78 is 0.905. The van der Waals surface area contributed by atoms with Crippen molar-refractivity contribution in [3.63, 3.8) is 0 Å². The lowest BCUT2D eigenvalue weighted by molar-refractivity contribution is 0.475. The Balaban J connectivity index is 2.86. The molecule has 0 unspecified atom stereocenters. The van der Waals surface area contributed by atoms with E-state index in [9.17, 15) is 5.11 Å². The molecule has 0 radical (unpaired) electrons. The van der Waals surface area contributed by atoms with Gasteiger partial charge in [0, 0.05) is 15.5 Å². The zero-order chi connectivity index (χ0) is 7.84. The number of rotatable bonds is 0. The average molecular weight is 166 g/mol. The first-order chi connectivity index (χ1) is 5.27. The van der Waals surface area contributed by atoms with Crippen molar-refractivity contribution in [2.24, 2.45) is 0 Å². The smallest absolute Gasteiger partial charge is 0.134 e. The largest absolute Gasteiger partial charge is 0.508 e. The molecule has 0 saturated heterocycles. The highest BCUT2D eigenvalue weighted by molar-refractivity contribution is 7.17. The van der Waals surface area contributed by atoms with Crippen LogP contribution < -0.4 is 0 Å². The van der Waals surface area contributed by atoms with Crippen molar-refractivity contribution in [3.8, 4) is 11.5 Å². The molecule has 2 rings (SSSR count). The molecule has 1 heterocycles. The van der Waals surface area contributed by atoms with Crippen molar-refractivity contribution in [3.05, 3.63) is 23.6 Å². The van der Waals surface area contributed by atoms with E-state index >= 15 is 0 Å². The summed E-state index contributed by atoms with van der Waals surface area (Å²) in [6, 6.07) is 4.91. The molecule has 0 aliphatic rings. The fourth-order valence-electron chi connectivity index (χ4n) is 1.00. The summed E-state index contributed by atoms with van der Waals surface area (Å²) in [5.41, 5.74) is 0. The van der Waals surface area contributed by atoms with E-state index in [-0.39, 0.29) is 11.5 Å². The summed E-state index contributed by atoms with van der Waals surface area (Å²) in [6.07, 6.45) is 0. The molecule has 56 valence electrons. The molecule has 0 bridgehead atoms. The molecule has 1 aromatic heterocycles. The Hall–Kier alpha value is -1.22. The third-order valence-electron chi connectivity index (χ3n) is 1.54. The number of phenols is 1. The Morgan fingerprint density at radius 3 is 2.82 bits per heavy atom. The Labute approximate surface area is 67.3 Å². The second-order valence-corrected chi connectivity index (χ2v) is 3.21. The van der Waals surface area contributed by atoms with Crippen LogP contribution in [0.3, 0.4) is 0 Å². The van der Waals surface area contributed by atoms with Gasteiger partial charge in [-0.3, -0.25) is 0 Å². The second-order valence-electron chi connectivity index (χ2n) is 2.30. The highest BCUT2D eigenvalue weighted by Crippen LogP contribution is 2.32. The fourth-order valence-corrected chi connectivity index (χ4v) is 1.86. The summed E-state index contributed by atoms with van der Waals surface area (Å²) in [5.74, 6) is 0.518. The highest BCUT2D eigenvalue weighted by atomic mass is 32.1. The molecule has 0 amide bonds. The Morgan fingerprint density at radius 2 is 2.00 bits per heavy atom. The number of thiophene rings is 1. The Kier molecular flexibility index (Phi) is 1.26. The normalized spacial score (nSPS) is 10.5. The van der Waals surface area contributed by atoms with Crippen LogP contribution in [0.2, 0.25) is 0 Å². The van der Waals surface area contributed by atoms with Gasteiger partial charge in [-0.15, -0.1) is 11.3 Å². The van der Waals surface area contributed by atoms with E-state index in [1.807, 2.05) is 0 Å². The number of hydrogen-bond donors (Lipinski definition) is 2. The van der Waals surface area contributed by atoms with E-state index in [1.54, 1.807) is 23.6 Å². The van der Waals surface area contributed by atoms with E-state index in [2.05, 4.69) is 0 Å². The Bertz CT molecular complexity index is 392. The van der Waals surface area contributed by atoms with Crippen molar-refractivity contribution in [2.75, 3.05) is 0 Å². The molecule has 1 aromatic carbocycles. The zero-order valence-electron chi connectivity index (χ0n) is 5.61. The van der Waals surface area contributed by atoms with Gasteiger partial charge >= 0.3 is 0 Å². The van der Waals surface area contributed by atoms with Gasteiger partial charge in [0.25, 0.3) is 0 Å². The highest BCUT2D eigenvalue weighted by Gasteiger charge is 2.01. The molecule has 0 aliphatic heterocycles. The minimum Gasteiger partial charge on any atom is -0.508 e. The van der Waals surface area contributed by atoms with Crippen LogP contribution >= 0.6 is 11.3 Å². The minimum absolute atomic E-state index is 0.236. The van der Waals surface area contributed by atoms with Crippen LogP contribution in [-0.2, 0) is 0 Å². The van der Waals surface area contributed by atoms with Crippen LogP contribution in [0.15, 0.2) is 23.6 Å². The number of fused-ring (bicyclic) bond motifs is 1. The molecule has 2 aromatic rings. The van der Waals surface area contributed by atoms with Crippen molar-refractivity contribution in [2.45, 2.75) is 0 Å². The second kappa shape index (κ2) is 2.13. The van der Waals surface area contributed by atoms with Crippen molar-refractivity contribution in [1.29, 1.82) is 0 Å². The molecule has 2 N–H and O–H groups in total. The minimum atomic E-state index is 0.236. The van der Waals surface area contributed by atoms with Gasteiger partial charge in [-0.2, -0.15) is 0 Å². The van der Waals surface area contributed by atoms with Crippen LogP contribution in [-0.4, -0.2) is 10.2 Å². The van der Waals surface area contributed by atoms with Crippen LogP contribution in [0.25, 0.3) is 10.1 Å². The fraction of sp³-hybridized carbons (Fsp3) is 0. The third kappa shape index (κ3) is 0.935. The first-order valence-corrected chi connectivity index (χ1v) is 4.04. The maximum atomic E-state index is 9.23. The first-order valence-electron chi connectivity index (χ1n) is 3.16. The summed E-state index contributed by atoms with van der Waals surface area (Å²) in [6.45, 7) is 0. The van der Waals surface area contributed by atoms with Gasteiger partial charge in [0.15, 0.2) is 0 Å². The Morgan fingerprint density at radius 1 is 1.18 bits per heavy atom. The van der Waals surface area contributed by atoms with E-state index in [4.69, 9.17) is 5.11 Å². The van der Waals surface area contributed by atoms with E-state index in [0.717, 1.165) is 10.1 Å². The summed E-state index contributed by atoms with van der Waals surface area (Å²) in [7, 11) is 0. The molecular weight excluding hydrogens is 160 g/mol. The predicted octanol–water partition coefficient (Wildman–Crippen LogP) is 2.31. The quantitative estimate of drug-likeness (QED) is 0.630. The van der Waals surface area contributed by atoms with Crippen LogP contribution in [0.4, 0.5) is 0 Å². The maximum absolute atomic E-state index is 9.23. The molecule has 0 atom stereocenters. The SMILES string of the molecule is Oc1ccc2c(O)csc2c1. The molecular formula is C8H6O2S. The molecule has 0 spiro atoms. The number of phenolic OH excluding ortho intramolecular Hbond substituents is 1. The van der Waals surface area contributed by atoms with Crippen molar-refractivity contribution in [1.82, 2.24) is 0 Å². The van der Waals surface area contributed by atoms with E-state index in [1.165, 1.54) is 11.3 Å². The van der Waals surface area contributed by atoms with E-state index in [0.29, 0.717) is 0 Å². The molecule has 3 heteroatoms. The third-order valence-corrected chi connectivity index (χ3v) is 2.47. The lowest BCUT2D eigenvalue weighted by Gasteiger charge is -1.91. The van der Waals surface area contributed by atoms with Gasteiger partial charge in [0.05, 0.1) is 0 Å². The summed E-state index contributed by atoms with van der Waals surface area (Å²) in [4.78, 5) is 0. The number of aromatic hydroxyl groups is 2. The zero-order valence-corrected chi connectivity index (χ0v) is 6.43. The molecule has 0 aliphatic carbocycles. The molecule has 0 saturated carbocycles. The predicted molar refractivity (Wildman–Crippen MR) is 45.2 cm³/mol. The summed E-state index contributed by atoms with van der Waals surface area (Å²) >= 11 is 1.42. The molecule has 2 nitrogen and oxygen atoms in total.